The van der Waals surface area contributed by atoms with Crippen LogP contribution in [0.3, 0.4) is 0 Å². The lowest BCUT2D eigenvalue weighted by atomic mass is 10.1. The first kappa shape index (κ1) is 14.9. The molecule has 0 saturated carbocycles. The van der Waals surface area contributed by atoms with Gasteiger partial charge in [0.05, 0.1) is 6.20 Å². The number of urea groups is 1. The summed E-state index contributed by atoms with van der Waals surface area (Å²) in [6.07, 6.45) is 3.19. The van der Waals surface area contributed by atoms with E-state index in [1.54, 1.807) is 36.7 Å². The van der Waals surface area contributed by atoms with Crippen LogP contribution in [0.5, 0.6) is 0 Å². The monoisotopic (exact) mass is 308 g/mol. The van der Waals surface area contributed by atoms with Gasteiger partial charge in [-0.3, -0.25) is 5.10 Å². The zero-order valence-electron chi connectivity index (χ0n) is 10.8. The fraction of sp³-hybridized carbons (Fsp3) is 0.154. The second-order valence-corrected chi connectivity index (χ2v) is 4.63. The van der Waals surface area contributed by atoms with Gasteiger partial charge in [-0.05, 0) is 6.07 Å². The second-order valence-electron chi connectivity index (χ2n) is 4.23. The number of hydrogen-bond acceptors (Lipinski definition) is 3. The molecular weight excluding hydrogens is 296 g/mol. The lowest BCUT2D eigenvalue weighted by Crippen LogP contribution is -2.40. The molecule has 0 aliphatic carbocycles. The Balaban J connectivity index is 2.01. The Hall–Kier alpha value is -2.54. The van der Waals surface area contributed by atoms with Crippen LogP contribution in [-0.2, 0) is 11.3 Å². The number of carboxylic acids is 1. The second kappa shape index (κ2) is 6.76. The molecule has 4 N–H and O–H groups in total. The van der Waals surface area contributed by atoms with Gasteiger partial charge in [-0.2, -0.15) is 5.10 Å². The number of nitrogens with zero attached hydrogens (tertiary/aromatic N) is 1. The summed E-state index contributed by atoms with van der Waals surface area (Å²) in [4.78, 5) is 23.1. The fourth-order valence-corrected chi connectivity index (χ4v) is 1.97. The first-order chi connectivity index (χ1) is 10.1. The van der Waals surface area contributed by atoms with Crippen LogP contribution in [0.4, 0.5) is 4.79 Å². The van der Waals surface area contributed by atoms with Gasteiger partial charge in [0.25, 0.3) is 0 Å². The van der Waals surface area contributed by atoms with Crippen LogP contribution in [-0.4, -0.2) is 27.3 Å². The van der Waals surface area contributed by atoms with Gasteiger partial charge in [0.15, 0.2) is 6.04 Å². The number of aromatic nitrogens is 2. The number of aromatic amines is 1. The van der Waals surface area contributed by atoms with Gasteiger partial charge in [-0.25, -0.2) is 9.59 Å². The molecule has 0 bridgehead atoms. The van der Waals surface area contributed by atoms with Crippen molar-refractivity contribution in [3.8, 4) is 0 Å². The van der Waals surface area contributed by atoms with E-state index >= 15 is 0 Å². The van der Waals surface area contributed by atoms with Crippen molar-refractivity contribution in [2.24, 2.45) is 0 Å². The van der Waals surface area contributed by atoms with Crippen molar-refractivity contribution in [3.63, 3.8) is 0 Å². The van der Waals surface area contributed by atoms with Gasteiger partial charge in [0, 0.05) is 28.9 Å². The molecule has 0 aliphatic rings. The lowest BCUT2D eigenvalue weighted by Gasteiger charge is -2.16. The van der Waals surface area contributed by atoms with Gasteiger partial charge in [-0.15, -0.1) is 0 Å². The van der Waals surface area contributed by atoms with Crippen LogP contribution < -0.4 is 10.6 Å². The van der Waals surface area contributed by atoms with E-state index in [4.69, 9.17) is 11.6 Å². The number of carbonyl (C=O) groups excluding carboxylic acids is 1. The Labute approximate surface area is 125 Å². The van der Waals surface area contributed by atoms with Gasteiger partial charge in [0.2, 0.25) is 0 Å². The third-order valence-electron chi connectivity index (χ3n) is 2.75. The Bertz CT molecular complexity index is 630. The highest BCUT2D eigenvalue weighted by atomic mass is 35.5. The molecule has 1 heterocycles. The summed E-state index contributed by atoms with van der Waals surface area (Å²) < 4.78 is 0. The first-order valence-corrected chi connectivity index (χ1v) is 6.45. The number of aliphatic carboxylic acids is 1. The van der Waals surface area contributed by atoms with E-state index in [-0.39, 0.29) is 11.6 Å². The number of rotatable bonds is 5. The van der Waals surface area contributed by atoms with Crippen LogP contribution in [0.1, 0.15) is 17.2 Å². The molecule has 1 aromatic heterocycles. The molecule has 21 heavy (non-hydrogen) atoms. The van der Waals surface area contributed by atoms with Crippen LogP contribution in [0.25, 0.3) is 0 Å². The molecule has 0 fully saturated rings. The molecule has 110 valence electrons. The number of hydrogen-bond donors (Lipinski definition) is 4. The predicted octanol–water partition coefficient (Wildman–Crippen LogP) is 1.69. The maximum absolute atomic E-state index is 11.8. The molecule has 1 aromatic carbocycles. The molecule has 0 saturated heterocycles. The van der Waals surface area contributed by atoms with Crippen molar-refractivity contribution in [1.29, 1.82) is 0 Å². The average molecular weight is 309 g/mol. The van der Waals surface area contributed by atoms with Gasteiger partial charge >= 0.3 is 12.0 Å². The maximum atomic E-state index is 11.8. The number of nitrogens with one attached hydrogen (secondary N) is 3. The Morgan fingerprint density at radius 1 is 1.38 bits per heavy atom. The van der Waals surface area contributed by atoms with Crippen LogP contribution >= 0.6 is 11.6 Å². The van der Waals surface area contributed by atoms with Crippen molar-refractivity contribution < 1.29 is 14.7 Å². The minimum atomic E-state index is -1.22. The van der Waals surface area contributed by atoms with Crippen LogP contribution in [0.15, 0.2) is 36.7 Å². The number of carboxylic acid groups (broad SMARTS) is 1. The van der Waals surface area contributed by atoms with E-state index in [0.29, 0.717) is 5.56 Å². The normalized spacial score (nSPS) is 11.7. The highest BCUT2D eigenvalue weighted by Gasteiger charge is 2.23. The molecule has 7 nitrogen and oxygen atoms in total. The smallest absolute Gasteiger partial charge is 0.331 e. The largest absolute Gasteiger partial charge is 0.479 e. The molecule has 0 radical (unpaired) electrons. The molecular formula is C13H13ClN4O3. The summed E-state index contributed by atoms with van der Waals surface area (Å²) in [7, 11) is 0. The summed E-state index contributed by atoms with van der Waals surface area (Å²) >= 11 is 5.96. The predicted molar refractivity (Wildman–Crippen MR) is 75.8 cm³/mol. The molecule has 0 spiro atoms. The highest BCUT2D eigenvalue weighted by molar-refractivity contribution is 6.31. The summed E-state index contributed by atoms with van der Waals surface area (Å²) in [6.45, 7) is 0.233. The third kappa shape index (κ3) is 3.96. The maximum Gasteiger partial charge on any atom is 0.331 e. The molecule has 2 aromatic rings. The van der Waals surface area contributed by atoms with Crippen molar-refractivity contribution in [3.05, 3.63) is 52.8 Å². The van der Waals surface area contributed by atoms with E-state index in [9.17, 15) is 14.7 Å². The fourth-order valence-electron chi connectivity index (χ4n) is 1.72. The lowest BCUT2D eigenvalue weighted by molar-refractivity contribution is -0.139. The van der Waals surface area contributed by atoms with Gasteiger partial charge in [-0.1, -0.05) is 29.8 Å². The topological polar surface area (TPSA) is 107 Å². The Kier molecular flexibility index (Phi) is 4.78. The van der Waals surface area contributed by atoms with Crippen molar-refractivity contribution in [1.82, 2.24) is 20.8 Å². The third-order valence-corrected chi connectivity index (χ3v) is 3.09. The van der Waals surface area contributed by atoms with Crippen molar-refractivity contribution in [2.45, 2.75) is 12.6 Å². The van der Waals surface area contributed by atoms with E-state index < -0.39 is 18.0 Å². The molecule has 2 amide bonds. The van der Waals surface area contributed by atoms with Crippen LogP contribution in [0, 0.1) is 0 Å². The molecule has 1 atom stereocenters. The standard InChI is InChI=1S/C13H13ClN4O3/c14-10-4-2-1-3-9(10)11(12(19)20)18-13(21)15-5-8-6-16-17-7-8/h1-4,6-7,11H,5H2,(H,16,17)(H,19,20)(H2,15,18,21)/t11-/m1/s1. The molecule has 0 aliphatic heterocycles. The number of H-pyrrole nitrogens is 1. The molecule has 2 rings (SSSR count). The number of halogens is 1. The van der Waals surface area contributed by atoms with Crippen LogP contribution in [0.2, 0.25) is 5.02 Å². The number of amides is 2. The Morgan fingerprint density at radius 3 is 2.76 bits per heavy atom. The van der Waals surface area contributed by atoms with Crippen molar-refractivity contribution in [2.75, 3.05) is 0 Å². The summed E-state index contributed by atoms with van der Waals surface area (Å²) in [6, 6.07) is 4.63. The highest BCUT2D eigenvalue weighted by Crippen LogP contribution is 2.22. The van der Waals surface area contributed by atoms with E-state index in [0.717, 1.165) is 5.56 Å². The zero-order chi connectivity index (χ0) is 15.2. The number of benzene rings is 1. The average Bonchev–Trinajstić information content (AvgIpc) is 2.96. The van der Waals surface area contributed by atoms with Gasteiger partial charge in [0.1, 0.15) is 0 Å². The minimum Gasteiger partial charge on any atom is -0.479 e. The van der Waals surface area contributed by atoms with Gasteiger partial charge < -0.3 is 15.7 Å². The van der Waals surface area contributed by atoms with E-state index in [2.05, 4.69) is 20.8 Å². The molecule has 8 heteroatoms. The summed E-state index contributed by atoms with van der Waals surface area (Å²) in [5.74, 6) is -1.19. The van der Waals surface area contributed by atoms with Crippen molar-refractivity contribution >= 4 is 23.6 Å². The molecule has 0 unspecified atom stereocenters. The quantitative estimate of drug-likeness (QED) is 0.674. The SMILES string of the molecule is O=C(NCc1cn[nH]c1)N[C@@H](C(=O)O)c1ccccc1Cl. The summed E-state index contributed by atoms with van der Waals surface area (Å²) in [5, 5.41) is 20.8. The number of carbonyl (C=O) groups is 2. The summed E-state index contributed by atoms with van der Waals surface area (Å²) in [5.41, 5.74) is 1.10. The van der Waals surface area contributed by atoms with E-state index in [1.807, 2.05) is 0 Å². The zero-order valence-corrected chi connectivity index (χ0v) is 11.6. The minimum absolute atomic E-state index is 0.233. The van der Waals surface area contributed by atoms with E-state index in [1.165, 1.54) is 0 Å². The first-order valence-electron chi connectivity index (χ1n) is 6.07. The Morgan fingerprint density at radius 2 is 2.14 bits per heavy atom.